The minimum absolute atomic E-state index is 0.0941. The van der Waals surface area contributed by atoms with E-state index in [0.717, 1.165) is 10.2 Å². The van der Waals surface area contributed by atoms with Crippen molar-refractivity contribution in [2.45, 2.75) is 19.4 Å². The van der Waals surface area contributed by atoms with Crippen molar-refractivity contribution in [3.05, 3.63) is 28.7 Å². The van der Waals surface area contributed by atoms with E-state index in [2.05, 4.69) is 15.9 Å². The molecule has 0 aromatic heterocycles. The van der Waals surface area contributed by atoms with Crippen molar-refractivity contribution in [3.63, 3.8) is 0 Å². The highest BCUT2D eigenvalue weighted by molar-refractivity contribution is 9.10. The number of anilines is 1. The molecule has 1 N–H and O–H groups in total. The van der Waals surface area contributed by atoms with E-state index in [9.17, 15) is 14.4 Å². The van der Waals surface area contributed by atoms with Crippen LogP contribution in [-0.4, -0.2) is 47.4 Å². The molecule has 6 nitrogen and oxygen atoms in total. The number of likely N-dealkylation sites (N-methyl/N-ethyl adjacent to an activating group) is 1. The lowest BCUT2D eigenvalue weighted by atomic mass is 10.1. The lowest BCUT2D eigenvalue weighted by molar-refractivity contribution is -0.149. The second kappa shape index (κ2) is 6.48. The molecule has 0 bridgehead atoms. The molecule has 7 heteroatoms. The van der Waals surface area contributed by atoms with Crippen LogP contribution < -0.4 is 4.90 Å². The third kappa shape index (κ3) is 3.14. The van der Waals surface area contributed by atoms with Gasteiger partial charge in [0.15, 0.2) is 0 Å². The van der Waals surface area contributed by atoms with Crippen LogP contribution in [0, 0.1) is 5.92 Å². The summed E-state index contributed by atoms with van der Waals surface area (Å²) in [6.45, 7) is 1.71. The van der Waals surface area contributed by atoms with Crippen LogP contribution in [0.3, 0.4) is 0 Å². The topological polar surface area (TPSA) is 77.9 Å². The summed E-state index contributed by atoms with van der Waals surface area (Å²) in [6, 6.07) is 6.38. The van der Waals surface area contributed by atoms with Gasteiger partial charge in [0.05, 0.1) is 11.6 Å². The van der Waals surface area contributed by atoms with Crippen LogP contribution in [0.5, 0.6) is 0 Å². The summed E-state index contributed by atoms with van der Waals surface area (Å²) >= 11 is 3.40. The summed E-state index contributed by atoms with van der Waals surface area (Å²) in [6.07, 6.45) is 0.0941. The second-order valence-corrected chi connectivity index (χ2v) is 6.17. The molecule has 1 fully saturated rings. The van der Waals surface area contributed by atoms with E-state index in [1.54, 1.807) is 11.0 Å². The average Bonchev–Trinajstić information content (AvgIpc) is 2.87. The Hall–Kier alpha value is -1.89. The zero-order valence-corrected chi connectivity index (χ0v) is 13.9. The number of benzene rings is 1. The van der Waals surface area contributed by atoms with Crippen molar-refractivity contribution in [1.82, 2.24) is 4.90 Å². The Bertz CT molecular complexity index is 619. The number of hydrogen-bond acceptors (Lipinski definition) is 3. The zero-order valence-electron chi connectivity index (χ0n) is 12.3. The molecule has 118 valence electrons. The van der Waals surface area contributed by atoms with Gasteiger partial charge in [0, 0.05) is 24.5 Å². The fourth-order valence-corrected chi connectivity index (χ4v) is 2.92. The molecule has 22 heavy (non-hydrogen) atoms. The zero-order chi connectivity index (χ0) is 16.4. The maximum absolute atomic E-state index is 12.4. The van der Waals surface area contributed by atoms with Gasteiger partial charge in [0.2, 0.25) is 11.8 Å². The minimum atomic E-state index is -1.07. The smallest absolute Gasteiger partial charge is 0.326 e. The number of carboxylic acid groups (broad SMARTS) is 1. The maximum Gasteiger partial charge on any atom is 0.326 e. The molecule has 1 heterocycles. The van der Waals surface area contributed by atoms with E-state index in [-0.39, 0.29) is 24.8 Å². The van der Waals surface area contributed by atoms with Crippen molar-refractivity contribution in [2.24, 2.45) is 5.92 Å². The van der Waals surface area contributed by atoms with Gasteiger partial charge in [-0.2, -0.15) is 0 Å². The van der Waals surface area contributed by atoms with Gasteiger partial charge in [0.25, 0.3) is 0 Å². The Morgan fingerprint density at radius 2 is 2.05 bits per heavy atom. The van der Waals surface area contributed by atoms with Crippen molar-refractivity contribution in [1.29, 1.82) is 0 Å². The van der Waals surface area contributed by atoms with Crippen LogP contribution in [0.25, 0.3) is 0 Å². The Morgan fingerprint density at radius 1 is 1.41 bits per heavy atom. The highest BCUT2D eigenvalue weighted by Gasteiger charge is 2.38. The van der Waals surface area contributed by atoms with Crippen molar-refractivity contribution < 1.29 is 19.5 Å². The van der Waals surface area contributed by atoms with Gasteiger partial charge in [-0.25, -0.2) is 4.79 Å². The largest absolute Gasteiger partial charge is 0.480 e. The molecule has 0 saturated carbocycles. The molecule has 0 spiro atoms. The molecule has 1 aromatic rings. The fraction of sp³-hybridized carbons (Fsp3) is 0.400. The Kier molecular flexibility index (Phi) is 4.85. The number of rotatable bonds is 4. The molecule has 2 rings (SSSR count). The predicted octanol–water partition coefficient (Wildman–Crippen LogP) is 1.73. The van der Waals surface area contributed by atoms with Crippen LogP contribution in [0.2, 0.25) is 0 Å². The third-order valence-electron chi connectivity index (χ3n) is 3.90. The highest BCUT2D eigenvalue weighted by Crippen LogP contribution is 2.31. The lowest BCUT2D eigenvalue weighted by Gasteiger charge is -2.24. The van der Waals surface area contributed by atoms with Crippen molar-refractivity contribution >= 4 is 39.4 Å². The normalized spacial score (nSPS) is 19.1. The number of amides is 2. The summed E-state index contributed by atoms with van der Waals surface area (Å²) in [5, 5.41) is 8.99. The van der Waals surface area contributed by atoms with Crippen LogP contribution in [0.4, 0.5) is 5.69 Å². The van der Waals surface area contributed by atoms with E-state index in [1.807, 2.05) is 18.2 Å². The molecule has 1 aliphatic heterocycles. The van der Waals surface area contributed by atoms with E-state index in [0.29, 0.717) is 0 Å². The Labute approximate surface area is 136 Å². The van der Waals surface area contributed by atoms with E-state index >= 15 is 0 Å². The summed E-state index contributed by atoms with van der Waals surface area (Å²) < 4.78 is 0.781. The molecule has 2 atom stereocenters. The monoisotopic (exact) mass is 368 g/mol. The van der Waals surface area contributed by atoms with Gasteiger partial charge >= 0.3 is 5.97 Å². The quantitative estimate of drug-likeness (QED) is 0.877. The molecular weight excluding hydrogens is 352 g/mol. The van der Waals surface area contributed by atoms with Gasteiger partial charge in [-0.1, -0.05) is 12.1 Å². The van der Waals surface area contributed by atoms with Crippen molar-refractivity contribution in [2.75, 3.05) is 18.5 Å². The number of carbonyl (C=O) groups excluding carboxylic acids is 2. The van der Waals surface area contributed by atoms with Crippen LogP contribution in [0.1, 0.15) is 13.3 Å². The molecule has 2 amide bonds. The number of halogens is 1. The third-order valence-corrected chi connectivity index (χ3v) is 4.57. The molecule has 1 aromatic carbocycles. The first-order valence-electron chi connectivity index (χ1n) is 6.87. The summed E-state index contributed by atoms with van der Waals surface area (Å²) in [5.74, 6) is -2.05. The fourth-order valence-electron chi connectivity index (χ4n) is 2.42. The summed E-state index contributed by atoms with van der Waals surface area (Å²) in [4.78, 5) is 38.3. The molecule has 0 aliphatic carbocycles. The van der Waals surface area contributed by atoms with E-state index in [1.165, 1.54) is 18.9 Å². The lowest BCUT2D eigenvalue weighted by Crippen LogP contribution is -2.43. The Balaban J connectivity index is 2.14. The van der Waals surface area contributed by atoms with Gasteiger partial charge in [-0.15, -0.1) is 0 Å². The first kappa shape index (κ1) is 16.5. The summed E-state index contributed by atoms with van der Waals surface area (Å²) in [7, 11) is 1.45. The number of hydrogen-bond donors (Lipinski definition) is 1. The molecule has 2 unspecified atom stereocenters. The number of carboxylic acids is 1. The summed E-state index contributed by atoms with van der Waals surface area (Å²) in [5.41, 5.74) is 0.719. The highest BCUT2D eigenvalue weighted by atomic mass is 79.9. The van der Waals surface area contributed by atoms with E-state index < -0.39 is 17.9 Å². The van der Waals surface area contributed by atoms with Gasteiger partial charge < -0.3 is 14.9 Å². The maximum atomic E-state index is 12.4. The average molecular weight is 369 g/mol. The van der Waals surface area contributed by atoms with Crippen LogP contribution in [-0.2, 0) is 14.4 Å². The number of carbonyl (C=O) groups is 3. The predicted molar refractivity (Wildman–Crippen MR) is 84.5 cm³/mol. The number of aliphatic carboxylic acids is 1. The van der Waals surface area contributed by atoms with Crippen LogP contribution in [0.15, 0.2) is 28.7 Å². The molecular formula is C15H17BrN2O4. The number of para-hydroxylation sites is 1. The van der Waals surface area contributed by atoms with Gasteiger partial charge in [-0.05, 0) is 35.0 Å². The standard InChI is InChI=1S/C15H17BrN2O4/c1-9(15(21)22)17(2)14(20)10-7-13(19)18(8-10)12-6-4-3-5-11(12)16/h3-6,9-10H,7-8H2,1-2H3,(H,21,22). The van der Waals surface area contributed by atoms with Gasteiger partial charge in [0.1, 0.15) is 6.04 Å². The molecule has 0 radical (unpaired) electrons. The Morgan fingerprint density at radius 3 is 2.64 bits per heavy atom. The van der Waals surface area contributed by atoms with Crippen LogP contribution >= 0.6 is 15.9 Å². The minimum Gasteiger partial charge on any atom is -0.480 e. The molecule has 1 saturated heterocycles. The first-order valence-corrected chi connectivity index (χ1v) is 7.66. The second-order valence-electron chi connectivity index (χ2n) is 5.32. The van der Waals surface area contributed by atoms with Crippen molar-refractivity contribution in [3.8, 4) is 0 Å². The molecule has 1 aliphatic rings. The first-order chi connectivity index (χ1) is 10.3. The van der Waals surface area contributed by atoms with Gasteiger partial charge in [-0.3, -0.25) is 9.59 Å². The SMILES string of the molecule is CC(C(=O)O)N(C)C(=O)C1CC(=O)N(c2ccccc2Br)C1. The number of nitrogens with zero attached hydrogens (tertiary/aromatic N) is 2. The van der Waals surface area contributed by atoms with E-state index in [4.69, 9.17) is 5.11 Å².